The van der Waals surface area contributed by atoms with Crippen LogP contribution in [0.5, 0.6) is 5.75 Å². The van der Waals surface area contributed by atoms with Crippen LogP contribution in [0, 0.1) is 5.92 Å². The molecule has 1 aromatic rings. The normalized spacial score (nSPS) is 15.2. The van der Waals surface area contributed by atoms with Crippen molar-refractivity contribution in [1.29, 1.82) is 0 Å². The minimum absolute atomic E-state index is 0. The van der Waals surface area contributed by atoms with Gasteiger partial charge in [-0.15, -0.1) is 12.4 Å². The molecule has 1 aliphatic rings. The largest absolute Gasteiger partial charge is 0.492 e. The Bertz CT molecular complexity index is 423. The molecule has 0 bridgehead atoms. The van der Waals surface area contributed by atoms with Gasteiger partial charge >= 0.3 is 0 Å². The lowest BCUT2D eigenvalue weighted by Gasteiger charge is -2.21. The van der Waals surface area contributed by atoms with Gasteiger partial charge in [-0.05, 0) is 44.1 Å². The molecule has 0 aromatic heterocycles. The van der Waals surface area contributed by atoms with Gasteiger partial charge in [0.05, 0.1) is 6.54 Å². The molecule has 20 heavy (non-hydrogen) atoms. The van der Waals surface area contributed by atoms with Crippen molar-refractivity contribution in [2.75, 3.05) is 26.2 Å². The summed E-state index contributed by atoms with van der Waals surface area (Å²) in [5.74, 6) is 1.01. The number of ether oxygens (including phenoxy) is 1. The zero-order valence-corrected chi connectivity index (χ0v) is 12.8. The number of benzene rings is 1. The maximum absolute atomic E-state index is 11.8. The van der Waals surface area contributed by atoms with E-state index in [-0.39, 0.29) is 24.2 Å². The van der Waals surface area contributed by atoms with Gasteiger partial charge < -0.3 is 15.4 Å². The molecule has 1 aromatic carbocycles. The van der Waals surface area contributed by atoms with Gasteiger partial charge in [-0.25, -0.2) is 0 Å². The Labute approximate surface area is 130 Å². The van der Waals surface area contributed by atoms with Crippen LogP contribution >= 0.6 is 24.0 Å². The number of hydrogen-bond donors (Lipinski definition) is 2. The van der Waals surface area contributed by atoms with Gasteiger partial charge in [0, 0.05) is 10.9 Å². The summed E-state index contributed by atoms with van der Waals surface area (Å²) in [5.41, 5.74) is 0. The molecule has 0 saturated carbocycles. The van der Waals surface area contributed by atoms with Crippen LogP contribution in [0.3, 0.4) is 0 Å². The van der Waals surface area contributed by atoms with Crippen molar-refractivity contribution >= 4 is 29.9 Å². The molecule has 4 nitrogen and oxygen atoms in total. The standard InChI is InChI=1S/C14H19ClN2O2.ClH/c15-12-2-1-3-13(10-12)19-9-8-17-14(18)11-4-6-16-7-5-11;/h1-3,10-11,16H,4-9H2,(H,17,18);1H. The second-order valence-corrected chi connectivity index (χ2v) is 5.06. The van der Waals surface area contributed by atoms with Crippen molar-refractivity contribution in [3.05, 3.63) is 29.3 Å². The van der Waals surface area contributed by atoms with Crippen LogP contribution in [0.4, 0.5) is 0 Å². The van der Waals surface area contributed by atoms with E-state index in [0.29, 0.717) is 18.2 Å². The number of carbonyl (C=O) groups is 1. The predicted molar refractivity (Wildman–Crippen MR) is 82.8 cm³/mol. The smallest absolute Gasteiger partial charge is 0.223 e. The molecule has 112 valence electrons. The molecule has 0 aliphatic carbocycles. The minimum atomic E-state index is 0. The molecule has 2 N–H and O–H groups in total. The Morgan fingerprint density at radius 1 is 1.40 bits per heavy atom. The fourth-order valence-corrected chi connectivity index (χ4v) is 2.31. The summed E-state index contributed by atoms with van der Waals surface area (Å²) in [6.07, 6.45) is 1.84. The van der Waals surface area contributed by atoms with E-state index in [1.54, 1.807) is 12.1 Å². The summed E-state index contributed by atoms with van der Waals surface area (Å²) in [5, 5.41) is 6.81. The summed E-state index contributed by atoms with van der Waals surface area (Å²) < 4.78 is 5.51. The van der Waals surface area contributed by atoms with Gasteiger partial charge in [0.25, 0.3) is 0 Å². The molecule has 0 spiro atoms. The molecule has 1 saturated heterocycles. The van der Waals surface area contributed by atoms with E-state index in [1.807, 2.05) is 12.1 Å². The lowest BCUT2D eigenvalue weighted by Crippen LogP contribution is -2.39. The van der Waals surface area contributed by atoms with Crippen molar-refractivity contribution in [2.45, 2.75) is 12.8 Å². The van der Waals surface area contributed by atoms with E-state index in [4.69, 9.17) is 16.3 Å². The SMILES string of the molecule is Cl.O=C(NCCOc1cccc(Cl)c1)C1CCNCC1. The fraction of sp³-hybridized carbons (Fsp3) is 0.500. The first kappa shape index (κ1) is 17.1. The molecular weight excluding hydrogens is 299 g/mol. The summed E-state index contributed by atoms with van der Waals surface area (Å²) in [7, 11) is 0. The van der Waals surface area contributed by atoms with E-state index in [1.165, 1.54) is 0 Å². The highest BCUT2D eigenvalue weighted by Crippen LogP contribution is 2.16. The quantitative estimate of drug-likeness (QED) is 0.819. The third-order valence-electron chi connectivity index (χ3n) is 3.18. The molecule has 0 atom stereocenters. The molecule has 2 rings (SSSR count). The van der Waals surface area contributed by atoms with Crippen molar-refractivity contribution in [3.63, 3.8) is 0 Å². The number of halogens is 2. The van der Waals surface area contributed by atoms with Gasteiger partial charge in [-0.1, -0.05) is 17.7 Å². The van der Waals surface area contributed by atoms with Crippen LogP contribution in [0.1, 0.15) is 12.8 Å². The maximum Gasteiger partial charge on any atom is 0.223 e. The van der Waals surface area contributed by atoms with Gasteiger partial charge in [-0.2, -0.15) is 0 Å². The summed E-state index contributed by atoms with van der Waals surface area (Å²) in [4.78, 5) is 11.8. The molecule has 6 heteroatoms. The first-order valence-electron chi connectivity index (χ1n) is 6.62. The maximum atomic E-state index is 11.8. The zero-order chi connectivity index (χ0) is 13.5. The van der Waals surface area contributed by atoms with Crippen LogP contribution in [0.15, 0.2) is 24.3 Å². The number of piperidine rings is 1. The highest BCUT2D eigenvalue weighted by Gasteiger charge is 2.20. The number of hydrogen-bond acceptors (Lipinski definition) is 3. The van der Waals surface area contributed by atoms with Crippen molar-refractivity contribution in [1.82, 2.24) is 10.6 Å². The first-order valence-corrected chi connectivity index (χ1v) is 7.00. The molecule has 1 amide bonds. The van der Waals surface area contributed by atoms with Crippen molar-refractivity contribution < 1.29 is 9.53 Å². The Morgan fingerprint density at radius 2 is 2.15 bits per heavy atom. The van der Waals surface area contributed by atoms with Crippen LogP contribution < -0.4 is 15.4 Å². The fourth-order valence-electron chi connectivity index (χ4n) is 2.13. The lowest BCUT2D eigenvalue weighted by atomic mass is 9.97. The third-order valence-corrected chi connectivity index (χ3v) is 3.41. The van der Waals surface area contributed by atoms with Crippen LogP contribution in [0.25, 0.3) is 0 Å². The summed E-state index contributed by atoms with van der Waals surface area (Å²) in [6.45, 7) is 2.83. The van der Waals surface area contributed by atoms with Crippen LogP contribution in [-0.4, -0.2) is 32.1 Å². The van der Waals surface area contributed by atoms with Gasteiger partial charge in [0.1, 0.15) is 12.4 Å². The van der Waals surface area contributed by atoms with Crippen LogP contribution in [-0.2, 0) is 4.79 Å². The monoisotopic (exact) mass is 318 g/mol. The van der Waals surface area contributed by atoms with E-state index < -0.39 is 0 Å². The van der Waals surface area contributed by atoms with Gasteiger partial charge in [0.15, 0.2) is 0 Å². The van der Waals surface area contributed by atoms with Crippen LogP contribution in [0.2, 0.25) is 5.02 Å². The van der Waals surface area contributed by atoms with E-state index in [0.717, 1.165) is 31.7 Å². The number of carbonyl (C=O) groups excluding carboxylic acids is 1. The third kappa shape index (κ3) is 5.57. The van der Waals surface area contributed by atoms with Gasteiger partial charge in [0.2, 0.25) is 5.91 Å². The summed E-state index contributed by atoms with van der Waals surface area (Å²) >= 11 is 5.85. The Hall–Kier alpha value is -0.970. The highest BCUT2D eigenvalue weighted by molar-refractivity contribution is 6.30. The number of amides is 1. The Balaban J connectivity index is 0.00000200. The molecule has 0 radical (unpaired) electrons. The van der Waals surface area contributed by atoms with Crippen molar-refractivity contribution in [3.8, 4) is 5.75 Å². The predicted octanol–water partition coefficient (Wildman–Crippen LogP) is 2.26. The first-order chi connectivity index (χ1) is 9.25. The van der Waals surface area contributed by atoms with Gasteiger partial charge in [-0.3, -0.25) is 4.79 Å². The van der Waals surface area contributed by atoms with E-state index in [9.17, 15) is 4.79 Å². The van der Waals surface area contributed by atoms with Crippen molar-refractivity contribution in [2.24, 2.45) is 5.92 Å². The minimum Gasteiger partial charge on any atom is -0.492 e. The molecule has 1 aliphatic heterocycles. The lowest BCUT2D eigenvalue weighted by molar-refractivity contribution is -0.125. The van der Waals surface area contributed by atoms with E-state index in [2.05, 4.69) is 10.6 Å². The number of nitrogens with one attached hydrogen (secondary N) is 2. The topological polar surface area (TPSA) is 50.4 Å². The van der Waals surface area contributed by atoms with E-state index >= 15 is 0 Å². The second kappa shape index (κ2) is 9.06. The Kier molecular flexibility index (Phi) is 7.73. The molecule has 1 fully saturated rings. The zero-order valence-electron chi connectivity index (χ0n) is 11.2. The average Bonchev–Trinajstić information content (AvgIpc) is 2.44. The highest BCUT2D eigenvalue weighted by atomic mass is 35.5. The molecule has 1 heterocycles. The molecule has 0 unspecified atom stereocenters. The molecular formula is C14H20Cl2N2O2. The summed E-state index contributed by atoms with van der Waals surface area (Å²) in [6, 6.07) is 7.25. The Morgan fingerprint density at radius 3 is 2.85 bits per heavy atom. The average molecular weight is 319 g/mol. The second-order valence-electron chi connectivity index (χ2n) is 4.62. The number of rotatable bonds is 5.